The highest BCUT2D eigenvalue weighted by atomic mass is 35.5. The Bertz CT molecular complexity index is 1260. The lowest BCUT2D eigenvalue weighted by Gasteiger charge is -2.13. The molecule has 0 saturated carbocycles. The molecule has 1 aliphatic rings. The van der Waals surface area contributed by atoms with Gasteiger partial charge in [-0.15, -0.1) is 0 Å². The number of hydrogen-bond acceptors (Lipinski definition) is 7. The van der Waals surface area contributed by atoms with E-state index in [0.29, 0.717) is 17.0 Å². The normalized spacial score (nSPS) is 13.1. The lowest BCUT2D eigenvalue weighted by Crippen LogP contribution is -2.27. The van der Waals surface area contributed by atoms with Gasteiger partial charge in [0.15, 0.2) is 0 Å². The van der Waals surface area contributed by atoms with E-state index in [0.717, 1.165) is 17.3 Å². The first kappa shape index (κ1) is 23.3. The first-order chi connectivity index (χ1) is 16.3. The fourth-order valence-electron chi connectivity index (χ4n) is 3.13. The second-order valence-electron chi connectivity index (χ2n) is 7.18. The summed E-state index contributed by atoms with van der Waals surface area (Å²) in [5, 5.41) is 13.9. The van der Waals surface area contributed by atoms with Crippen LogP contribution in [0.15, 0.2) is 66.7 Å². The second kappa shape index (κ2) is 9.94. The van der Waals surface area contributed by atoms with Crippen molar-refractivity contribution in [3.05, 3.63) is 93.0 Å². The van der Waals surface area contributed by atoms with Crippen molar-refractivity contribution in [1.29, 1.82) is 0 Å². The molecule has 1 saturated heterocycles. The summed E-state index contributed by atoms with van der Waals surface area (Å²) in [7, 11) is 0. The lowest BCUT2D eigenvalue weighted by atomic mass is 10.1. The fraction of sp³-hybridized carbons (Fsp3) is 0.0870. The van der Waals surface area contributed by atoms with Gasteiger partial charge in [-0.3, -0.25) is 29.4 Å². The van der Waals surface area contributed by atoms with Gasteiger partial charge in [0.2, 0.25) is 11.7 Å². The summed E-state index contributed by atoms with van der Waals surface area (Å²) in [6.07, 6.45) is 0. The van der Waals surface area contributed by atoms with Crippen LogP contribution in [-0.4, -0.2) is 32.6 Å². The zero-order chi connectivity index (χ0) is 24.2. The Balaban J connectivity index is 1.38. The molecule has 0 radical (unpaired) electrons. The fourth-order valence-corrected chi connectivity index (χ4v) is 4.03. The topological polar surface area (TPSA) is 119 Å². The number of nitro groups is 1. The molecule has 1 heterocycles. The number of ether oxygens (including phenoxy) is 1. The maximum absolute atomic E-state index is 12.6. The zero-order valence-corrected chi connectivity index (χ0v) is 19.0. The van der Waals surface area contributed by atoms with E-state index >= 15 is 0 Å². The summed E-state index contributed by atoms with van der Waals surface area (Å²) in [5.41, 5.74) is 1.39. The molecule has 0 unspecified atom stereocenters. The molecule has 0 aliphatic carbocycles. The number of carbonyl (C=O) groups is 3. The van der Waals surface area contributed by atoms with E-state index in [1.165, 1.54) is 47.4 Å². The molecule has 172 valence electrons. The quantitative estimate of drug-likeness (QED) is 0.338. The van der Waals surface area contributed by atoms with E-state index in [2.05, 4.69) is 5.32 Å². The third kappa shape index (κ3) is 5.36. The van der Waals surface area contributed by atoms with Gasteiger partial charge in [0.1, 0.15) is 5.75 Å². The van der Waals surface area contributed by atoms with E-state index in [4.69, 9.17) is 16.3 Å². The molecule has 0 bridgehead atoms. The average molecular weight is 498 g/mol. The van der Waals surface area contributed by atoms with Crippen molar-refractivity contribution in [3.63, 3.8) is 0 Å². The zero-order valence-electron chi connectivity index (χ0n) is 17.4. The van der Waals surface area contributed by atoms with Crippen molar-refractivity contribution < 1.29 is 24.0 Å². The molecule has 4 rings (SSSR count). The number of benzene rings is 3. The molecule has 9 nitrogen and oxygen atoms in total. The van der Waals surface area contributed by atoms with Crippen LogP contribution < -0.4 is 10.1 Å². The number of nitro benzene ring substituents is 1. The van der Waals surface area contributed by atoms with Crippen LogP contribution >= 0.6 is 23.4 Å². The predicted octanol–water partition coefficient (Wildman–Crippen LogP) is 5.49. The number of nitrogens with zero attached hydrogens (tertiary/aromatic N) is 2. The molecule has 3 amide bonds. The summed E-state index contributed by atoms with van der Waals surface area (Å²) in [4.78, 5) is 47.8. The van der Waals surface area contributed by atoms with Gasteiger partial charge in [0.25, 0.3) is 11.1 Å². The number of rotatable bonds is 7. The van der Waals surface area contributed by atoms with Crippen LogP contribution in [0.4, 0.5) is 16.2 Å². The van der Waals surface area contributed by atoms with Crippen LogP contribution in [0.5, 0.6) is 11.5 Å². The van der Waals surface area contributed by atoms with Crippen LogP contribution in [-0.2, 0) is 11.3 Å². The number of nitrogens with one attached hydrogen (secondary N) is 1. The smallest absolute Gasteiger partial charge is 0.313 e. The monoisotopic (exact) mass is 497 g/mol. The molecular formula is C23H16ClN3O6S. The molecular weight excluding hydrogens is 482 g/mol. The Hall–Kier alpha value is -3.89. The Morgan fingerprint density at radius 3 is 2.41 bits per heavy atom. The van der Waals surface area contributed by atoms with Gasteiger partial charge in [-0.2, -0.15) is 0 Å². The third-order valence-corrected chi connectivity index (χ3v) is 5.95. The van der Waals surface area contributed by atoms with Crippen molar-refractivity contribution in [2.45, 2.75) is 6.54 Å². The van der Waals surface area contributed by atoms with Crippen LogP contribution in [0.2, 0.25) is 5.02 Å². The number of amides is 3. The maximum atomic E-state index is 12.6. The van der Waals surface area contributed by atoms with E-state index in [9.17, 15) is 24.5 Å². The number of hydrogen-bond donors (Lipinski definition) is 1. The van der Waals surface area contributed by atoms with Gasteiger partial charge < -0.3 is 10.1 Å². The second-order valence-corrected chi connectivity index (χ2v) is 8.54. The van der Waals surface area contributed by atoms with Crippen LogP contribution in [0.3, 0.4) is 0 Å². The van der Waals surface area contributed by atoms with Crippen LogP contribution in [0, 0.1) is 10.1 Å². The standard InChI is InChI=1S/C23H16ClN3O6S/c24-16-5-10-20(19(11-16)27(31)32)33-18-8-3-15(4-9-18)22(29)25-17-6-1-14(2-7-17)12-26-21(28)13-34-23(26)30/h1-11H,12-13H2,(H,25,29). The minimum Gasteiger partial charge on any atom is -0.450 e. The number of thioether (sulfide) groups is 1. The van der Waals surface area contributed by atoms with Gasteiger partial charge in [0.05, 0.1) is 17.2 Å². The molecule has 1 fully saturated rings. The summed E-state index contributed by atoms with van der Waals surface area (Å²) in [6, 6.07) is 17.0. The maximum Gasteiger partial charge on any atom is 0.313 e. The highest BCUT2D eigenvalue weighted by molar-refractivity contribution is 8.14. The lowest BCUT2D eigenvalue weighted by molar-refractivity contribution is -0.385. The number of halogens is 1. The first-order valence-corrected chi connectivity index (χ1v) is 11.3. The van der Waals surface area contributed by atoms with Crippen molar-refractivity contribution in [2.24, 2.45) is 0 Å². The molecule has 1 aliphatic heterocycles. The van der Waals surface area contributed by atoms with Crippen molar-refractivity contribution in [3.8, 4) is 11.5 Å². The molecule has 34 heavy (non-hydrogen) atoms. The Morgan fingerprint density at radius 1 is 1.09 bits per heavy atom. The molecule has 1 N–H and O–H groups in total. The number of carbonyl (C=O) groups excluding carboxylic acids is 3. The van der Waals surface area contributed by atoms with Crippen molar-refractivity contribution >= 4 is 51.8 Å². The van der Waals surface area contributed by atoms with Gasteiger partial charge in [0, 0.05) is 22.3 Å². The summed E-state index contributed by atoms with van der Waals surface area (Å²) in [5.74, 6) is -0.0745. The predicted molar refractivity (Wildman–Crippen MR) is 127 cm³/mol. The molecule has 0 atom stereocenters. The number of anilines is 1. The molecule has 11 heteroatoms. The van der Waals surface area contributed by atoms with E-state index in [1.54, 1.807) is 24.3 Å². The molecule has 0 aromatic heterocycles. The van der Waals surface area contributed by atoms with E-state index in [1.807, 2.05) is 0 Å². The van der Waals surface area contributed by atoms with Crippen molar-refractivity contribution in [2.75, 3.05) is 11.1 Å². The first-order valence-electron chi connectivity index (χ1n) is 9.89. The summed E-state index contributed by atoms with van der Waals surface area (Å²) >= 11 is 6.79. The minimum absolute atomic E-state index is 0.0302. The van der Waals surface area contributed by atoms with E-state index in [-0.39, 0.29) is 45.8 Å². The van der Waals surface area contributed by atoms with Crippen molar-refractivity contribution in [1.82, 2.24) is 4.90 Å². The molecule has 3 aromatic carbocycles. The van der Waals surface area contributed by atoms with Gasteiger partial charge in [-0.25, -0.2) is 0 Å². The van der Waals surface area contributed by atoms with Gasteiger partial charge >= 0.3 is 5.69 Å². The average Bonchev–Trinajstić information content (AvgIpc) is 3.14. The largest absolute Gasteiger partial charge is 0.450 e. The Labute approximate surface area is 202 Å². The highest BCUT2D eigenvalue weighted by Gasteiger charge is 2.29. The number of imide groups is 1. The highest BCUT2D eigenvalue weighted by Crippen LogP contribution is 2.33. The third-order valence-electron chi connectivity index (χ3n) is 4.86. The molecule has 3 aromatic rings. The molecule has 0 spiro atoms. The van der Waals surface area contributed by atoms with Crippen LogP contribution in [0.25, 0.3) is 0 Å². The summed E-state index contributed by atoms with van der Waals surface area (Å²) in [6.45, 7) is 0.187. The Morgan fingerprint density at radius 2 is 1.79 bits per heavy atom. The summed E-state index contributed by atoms with van der Waals surface area (Å²) < 4.78 is 5.58. The van der Waals surface area contributed by atoms with E-state index < -0.39 is 4.92 Å². The Kier molecular flexibility index (Phi) is 6.80. The minimum atomic E-state index is -0.589. The SMILES string of the molecule is O=C(Nc1ccc(CN2C(=O)CSC2=O)cc1)c1ccc(Oc2ccc(Cl)cc2[N+](=O)[O-])cc1. The van der Waals surface area contributed by atoms with Gasteiger partial charge in [-0.05, 0) is 54.1 Å². The van der Waals surface area contributed by atoms with Gasteiger partial charge in [-0.1, -0.05) is 35.5 Å². The van der Waals surface area contributed by atoms with Crippen LogP contribution in [0.1, 0.15) is 15.9 Å².